The molecule has 0 spiro atoms. The molecule has 2 aromatic rings. The molecule has 0 saturated heterocycles. The third-order valence-electron chi connectivity index (χ3n) is 3.24. The molecule has 0 atom stereocenters. The van der Waals surface area contributed by atoms with Gasteiger partial charge >= 0.3 is 6.18 Å². The molecule has 1 nitrogen and oxygen atoms in total. The van der Waals surface area contributed by atoms with Crippen molar-refractivity contribution in [2.75, 3.05) is 6.54 Å². The van der Waals surface area contributed by atoms with Crippen molar-refractivity contribution in [3.05, 3.63) is 46.3 Å². The van der Waals surface area contributed by atoms with Crippen LogP contribution in [0.25, 0.3) is 10.4 Å². The molecular formula is C14H13ClF3NS. The predicted molar refractivity (Wildman–Crippen MR) is 77.4 cm³/mol. The van der Waals surface area contributed by atoms with Crippen LogP contribution in [0.1, 0.15) is 16.0 Å². The molecule has 0 bridgehead atoms. The lowest BCUT2D eigenvalue weighted by Gasteiger charge is -2.10. The van der Waals surface area contributed by atoms with Crippen LogP contribution in [0.15, 0.2) is 30.3 Å². The van der Waals surface area contributed by atoms with Crippen molar-refractivity contribution in [2.24, 2.45) is 0 Å². The summed E-state index contributed by atoms with van der Waals surface area (Å²) in [5.41, 5.74) is 1.53. The maximum absolute atomic E-state index is 12.5. The Morgan fingerprint density at radius 1 is 1.10 bits per heavy atom. The molecule has 1 aliphatic rings. The van der Waals surface area contributed by atoms with Crippen molar-refractivity contribution in [1.29, 1.82) is 0 Å². The molecule has 1 aromatic heterocycles. The van der Waals surface area contributed by atoms with Gasteiger partial charge in [0.25, 0.3) is 0 Å². The smallest absolute Gasteiger partial charge is 0.312 e. The zero-order valence-electron chi connectivity index (χ0n) is 10.5. The van der Waals surface area contributed by atoms with Crippen LogP contribution in [-0.2, 0) is 19.1 Å². The fourth-order valence-corrected chi connectivity index (χ4v) is 3.41. The molecule has 0 unspecified atom stereocenters. The molecule has 0 aliphatic carbocycles. The van der Waals surface area contributed by atoms with Gasteiger partial charge in [-0.3, -0.25) is 0 Å². The number of rotatable bonds is 1. The van der Waals surface area contributed by atoms with E-state index in [0.29, 0.717) is 0 Å². The maximum atomic E-state index is 12.5. The van der Waals surface area contributed by atoms with Crippen LogP contribution >= 0.6 is 23.7 Å². The van der Waals surface area contributed by atoms with Crippen LogP contribution in [0, 0.1) is 0 Å². The van der Waals surface area contributed by atoms with Gasteiger partial charge in [-0.05, 0) is 35.7 Å². The average Bonchev–Trinajstić information content (AvgIpc) is 2.81. The van der Waals surface area contributed by atoms with Crippen molar-refractivity contribution >= 4 is 23.7 Å². The standard InChI is InChI=1S/C14H12F3NS.ClH/c15-14(16,17)11-3-1-9(2-4-11)13-7-10-8-18-6-5-12(10)19-13;/h1-4,7,18H,5-6,8H2;1H. The van der Waals surface area contributed by atoms with Crippen molar-refractivity contribution in [2.45, 2.75) is 19.1 Å². The molecule has 0 saturated carbocycles. The van der Waals surface area contributed by atoms with Gasteiger partial charge in [-0.25, -0.2) is 0 Å². The number of benzene rings is 1. The quantitative estimate of drug-likeness (QED) is 0.816. The van der Waals surface area contributed by atoms with E-state index >= 15 is 0 Å². The lowest BCUT2D eigenvalue weighted by atomic mass is 10.1. The first-order chi connectivity index (χ1) is 9.04. The minimum absolute atomic E-state index is 0. The summed E-state index contributed by atoms with van der Waals surface area (Å²) < 4.78 is 37.5. The number of nitrogens with one attached hydrogen (secondary N) is 1. The summed E-state index contributed by atoms with van der Waals surface area (Å²) in [6, 6.07) is 7.47. The minimum atomic E-state index is -4.27. The summed E-state index contributed by atoms with van der Waals surface area (Å²) in [7, 11) is 0. The van der Waals surface area contributed by atoms with Gasteiger partial charge < -0.3 is 5.32 Å². The SMILES string of the molecule is Cl.FC(F)(F)c1ccc(-c2cc3c(s2)CCNC3)cc1. The first-order valence-electron chi connectivity index (χ1n) is 6.04. The van der Waals surface area contributed by atoms with Crippen molar-refractivity contribution in [3.63, 3.8) is 0 Å². The van der Waals surface area contributed by atoms with E-state index in [1.54, 1.807) is 23.5 Å². The highest BCUT2D eigenvalue weighted by atomic mass is 35.5. The highest BCUT2D eigenvalue weighted by Gasteiger charge is 2.30. The molecule has 1 aromatic carbocycles. The topological polar surface area (TPSA) is 12.0 Å². The first-order valence-corrected chi connectivity index (χ1v) is 6.85. The Kier molecular flexibility index (Phi) is 4.42. The van der Waals surface area contributed by atoms with Crippen LogP contribution in [0.5, 0.6) is 0 Å². The average molecular weight is 320 g/mol. The fraction of sp³-hybridized carbons (Fsp3) is 0.286. The van der Waals surface area contributed by atoms with Gasteiger partial charge in [0, 0.05) is 22.8 Å². The Balaban J connectivity index is 0.00000147. The lowest BCUT2D eigenvalue weighted by molar-refractivity contribution is -0.137. The van der Waals surface area contributed by atoms with Gasteiger partial charge in [0.15, 0.2) is 0 Å². The second-order valence-corrected chi connectivity index (χ2v) is 5.70. The van der Waals surface area contributed by atoms with Gasteiger partial charge in [-0.1, -0.05) is 12.1 Å². The molecule has 1 N–H and O–H groups in total. The number of hydrogen-bond acceptors (Lipinski definition) is 2. The Morgan fingerprint density at radius 2 is 1.80 bits per heavy atom. The molecule has 3 rings (SSSR count). The molecule has 6 heteroatoms. The van der Waals surface area contributed by atoms with E-state index in [1.807, 2.05) is 0 Å². The lowest BCUT2D eigenvalue weighted by Crippen LogP contribution is -2.21. The van der Waals surface area contributed by atoms with Gasteiger partial charge in [-0.2, -0.15) is 13.2 Å². The zero-order valence-corrected chi connectivity index (χ0v) is 12.1. The van der Waals surface area contributed by atoms with Gasteiger partial charge in [0.1, 0.15) is 0 Å². The third kappa shape index (κ3) is 3.00. The minimum Gasteiger partial charge on any atom is -0.312 e. The molecule has 108 valence electrons. The van der Waals surface area contributed by atoms with Crippen LogP contribution in [0.2, 0.25) is 0 Å². The van der Waals surface area contributed by atoms with Gasteiger partial charge in [0.05, 0.1) is 5.56 Å². The summed E-state index contributed by atoms with van der Waals surface area (Å²) in [5.74, 6) is 0. The molecule has 20 heavy (non-hydrogen) atoms. The van der Waals surface area contributed by atoms with E-state index in [0.717, 1.165) is 42.1 Å². The molecule has 0 radical (unpaired) electrons. The van der Waals surface area contributed by atoms with Crippen molar-refractivity contribution in [3.8, 4) is 10.4 Å². The third-order valence-corrected chi connectivity index (χ3v) is 4.52. The monoisotopic (exact) mass is 319 g/mol. The number of fused-ring (bicyclic) bond motifs is 1. The molecule has 0 fully saturated rings. The summed E-state index contributed by atoms with van der Waals surface area (Å²) in [6.07, 6.45) is -3.27. The highest BCUT2D eigenvalue weighted by molar-refractivity contribution is 7.15. The highest BCUT2D eigenvalue weighted by Crippen LogP contribution is 2.35. The Labute approximate surface area is 125 Å². The van der Waals surface area contributed by atoms with Crippen LogP contribution in [0.4, 0.5) is 13.2 Å². The van der Waals surface area contributed by atoms with Crippen LogP contribution < -0.4 is 5.32 Å². The van der Waals surface area contributed by atoms with E-state index in [-0.39, 0.29) is 12.4 Å². The molecular weight excluding hydrogens is 307 g/mol. The predicted octanol–water partition coefficient (Wildman–Crippen LogP) is 4.50. The zero-order chi connectivity index (χ0) is 13.5. The fourth-order valence-electron chi connectivity index (χ4n) is 2.22. The van der Waals surface area contributed by atoms with E-state index in [1.165, 1.54) is 10.4 Å². The van der Waals surface area contributed by atoms with Gasteiger partial charge in [0.2, 0.25) is 0 Å². The molecule has 0 amide bonds. The van der Waals surface area contributed by atoms with Gasteiger partial charge in [-0.15, -0.1) is 23.7 Å². The number of alkyl halides is 3. The summed E-state index contributed by atoms with van der Waals surface area (Å²) in [6.45, 7) is 1.83. The van der Waals surface area contributed by atoms with E-state index in [4.69, 9.17) is 0 Å². The largest absolute Gasteiger partial charge is 0.416 e. The van der Waals surface area contributed by atoms with Crippen LogP contribution in [-0.4, -0.2) is 6.54 Å². The molecule has 2 heterocycles. The maximum Gasteiger partial charge on any atom is 0.416 e. The van der Waals surface area contributed by atoms with E-state index < -0.39 is 11.7 Å². The number of hydrogen-bond donors (Lipinski definition) is 1. The normalized spacial score (nSPS) is 14.6. The summed E-state index contributed by atoms with van der Waals surface area (Å²) in [5, 5.41) is 3.29. The number of halogens is 4. The Morgan fingerprint density at radius 3 is 2.40 bits per heavy atom. The summed E-state index contributed by atoms with van der Waals surface area (Å²) in [4.78, 5) is 2.39. The van der Waals surface area contributed by atoms with Crippen molar-refractivity contribution in [1.82, 2.24) is 5.32 Å². The Bertz CT molecular complexity index is 566. The van der Waals surface area contributed by atoms with Crippen LogP contribution in [0.3, 0.4) is 0 Å². The second-order valence-electron chi connectivity index (χ2n) is 4.56. The Hall–Kier alpha value is -1.04. The molecule has 1 aliphatic heterocycles. The summed E-state index contributed by atoms with van der Waals surface area (Å²) >= 11 is 1.68. The van der Waals surface area contributed by atoms with E-state index in [2.05, 4.69) is 11.4 Å². The second kappa shape index (κ2) is 5.76. The van der Waals surface area contributed by atoms with Crippen molar-refractivity contribution < 1.29 is 13.2 Å². The van der Waals surface area contributed by atoms with E-state index in [9.17, 15) is 13.2 Å². The number of thiophene rings is 1. The first kappa shape index (κ1) is 15.4.